The molecule has 1 aliphatic heterocycles. The van der Waals surface area contributed by atoms with Crippen LogP contribution in [0.3, 0.4) is 0 Å². The van der Waals surface area contributed by atoms with Gasteiger partial charge in [0.25, 0.3) is 0 Å². The fourth-order valence-electron chi connectivity index (χ4n) is 4.54. The van der Waals surface area contributed by atoms with Gasteiger partial charge in [-0.3, -0.25) is 0 Å². The van der Waals surface area contributed by atoms with Crippen molar-refractivity contribution in [2.24, 2.45) is 0 Å². The number of ether oxygens (including phenoxy) is 1. The van der Waals surface area contributed by atoms with Crippen molar-refractivity contribution in [1.29, 1.82) is 0 Å². The topological polar surface area (TPSA) is 82.0 Å². The number of fused-ring (bicyclic) bond motifs is 2. The summed E-state index contributed by atoms with van der Waals surface area (Å²) in [6.07, 6.45) is 0.683. The molecule has 0 bridgehead atoms. The number of hydrogen-bond acceptors (Lipinski definition) is 5. The molecule has 0 aromatic heterocycles. The van der Waals surface area contributed by atoms with Gasteiger partial charge in [-0.15, -0.1) is 0 Å². The van der Waals surface area contributed by atoms with Crippen molar-refractivity contribution in [3.05, 3.63) is 47.0 Å². The summed E-state index contributed by atoms with van der Waals surface area (Å²) in [6, 6.07) is 8.90. The molecule has 3 aromatic rings. The second-order valence-electron chi connectivity index (χ2n) is 7.70. The molecule has 146 valence electrons. The van der Waals surface area contributed by atoms with Crippen LogP contribution < -0.4 is 10.1 Å². The van der Waals surface area contributed by atoms with Gasteiger partial charge in [-0.05, 0) is 67.5 Å². The number of phenolic OH excluding ortho intramolecular Hbond substituents is 3. The molecule has 4 N–H and O–H groups in total. The number of rotatable bonds is 2. The van der Waals surface area contributed by atoms with Gasteiger partial charge in [0.2, 0.25) is 0 Å². The molecule has 0 saturated heterocycles. The van der Waals surface area contributed by atoms with Crippen molar-refractivity contribution in [3.8, 4) is 34.1 Å². The van der Waals surface area contributed by atoms with E-state index < -0.39 is 0 Å². The largest absolute Gasteiger partial charge is 0.507 e. The highest BCUT2D eigenvalue weighted by atomic mass is 16.5. The van der Waals surface area contributed by atoms with Gasteiger partial charge in [-0.2, -0.15) is 0 Å². The van der Waals surface area contributed by atoms with E-state index in [1.165, 1.54) is 6.07 Å². The number of methoxy groups -OCH3 is 1. The van der Waals surface area contributed by atoms with E-state index in [9.17, 15) is 15.3 Å². The third kappa shape index (κ3) is 2.74. The highest BCUT2D eigenvalue weighted by molar-refractivity contribution is 6.05. The Morgan fingerprint density at radius 3 is 2.46 bits per heavy atom. The summed E-state index contributed by atoms with van der Waals surface area (Å²) in [5.41, 5.74) is 4.25. The van der Waals surface area contributed by atoms with E-state index >= 15 is 0 Å². The number of aryl methyl sites for hydroxylation is 1. The molecule has 0 unspecified atom stereocenters. The number of benzene rings is 3. The molecule has 28 heavy (non-hydrogen) atoms. The number of hydrogen-bond donors (Lipinski definition) is 4. The number of aromatic hydroxyl groups is 3. The molecule has 0 amide bonds. The van der Waals surface area contributed by atoms with E-state index in [0.717, 1.165) is 27.6 Å². The summed E-state index contributed by atoms with van der Waals surface area (Å²) >= 11 is 0. The van der Waals surface area contributed by atoms with Gasteiger partial charge in [-0.1, -0.05) is 6.07 Å². The van der Waals surface area contributed by atoms with Crippen LogP contribution in [0.1, 0.15) is 36.6 Å². The second kappa shape index (κ2) is 6.60. The van der Waals surface area contributed by atoms with E-state index in [2.05, 4.69) is 12.2 Å². The predicted octanol–water partition coefficient (Wildman–Crippen LogP) is 4.54. The molecular weight excluding hydrogens is 354 g/mol. The molecule has 0 spiro atoms. The molecule has 2 atom stereocenters. The third-order valence-electron chi connectivity index (χ3n) is 5.60. The smallest absolute Gasteiger partial charge is 0.130 e. The van der Waals surface area contributed by atoms with Crippen LogP contribution in [0.4, 0.5) is 0 Å². The standard InChI is InChI=1S/C23H25NO4/c1-11-7-15-14(5-6-17(25)23(15)20(8-11)28-4)22-16-9-12(2)24-13(3)21(16)18(26)10-19(22)27/h5-8,10,12-13,24-27H,9H2,1-4H3/t12-,13-/m0/s1. The Kier molecular flexibility index (Phi) is 4.35. The van der Waals surface area contributed by atoms with Crippen LogP contribution in [0.15, 0.2) is 30.3 Å². The first kappa shape index (κ1) is 18.4. The van der Waals surface area contributed by atoms with Gasteiger partial charge in [0, 0.05) is 29.3 Å². The lowest BCUT2D eigenvalue weighted by molar-refractivity contribution is 0.402. The monoisotopic (exact) mass is 379 g/mol. The molecule has 5 nitrogen and oxygen atoms in total. The molecule has 0 aliphatic carbocycles. The first-order valence-corrected chi connectivity index (χ1v) is 9.46. The lowest BCUT2D eigenvalue weighted by Crippen LogP contribution is -2.36. The fraction of sp³-hybridized carbons (Fsp3) is 0.304. The number of nitrogens with one attached hydrogen (secondary N) is 1. The molecule has 0 radical (unpaired) electrons. The van der Waals surface area contributed by atoms with E-state index in [4.69, 9.17) is 4.74 Å². The minimum absolute atomic E-state index is 0.0299. The summed E-state index contributed by atoms with van der Waals surface area (Å²) in [6.45, 7) is 6.07. The second-order valence-corrected chi connectivity index (χ2v) is 7.70. The number of phenols is 3. The van der Waals surface area contributed by atoms with Gasteiger partial charge in [0.1, 0.15) is 23.0 Å². The van der Waals surface area contributed by atoms with Crippen molar-refractivity contribution >= 4 is 10.8 Å². The molecule has 5 heteroatoms. The van der Waals surface area contributed by atoms with Crippen LogP contribution in [-0.2, 0) is 6.42 Å². The summed E-state index contributed by atoms with van der Waals surface area (Å²) in [7, 11) is 1.58. The van der Waals surface area contributed by atoms with Crippen molar-refractivity contribution < 1.29 is 20.1 Å². The van der Waals surface area contributed by atoms with Crippen LogP contribution >= 0.6 is 0 Å². The molecule has 0 fully saturated rings. The van der Waals surface area contributed by atoms with Crippen LogP contribution in [0.5, 0.6) is 23.0 Å². The first-order valence-electron chi connectivity index (χ1n) is 9.46. The quantitative estimate of drug-likeness (QED) is 0.526. The zero-order valence-corrected chi connectivity index (χ0v) is 16.5. The Balaban J connectivity index is 2.12. The van der Waals surface area contributed by atoms with E-state index in [1.807, 2.05) is 32.0 Å². The molecule has 1 aliphatic rings. The van der Waals surface area contributed by atoms with Gasteiger partial charge in [0.05, 0.1) is 12.5 Å². The lowest BCUT2D eigenvalue weighted by atomic mass is 9.83. The van der Waals surface area contributed by atoms with E-state index in [1.54, 1.807) is 13.2 Å². The maximum atomic E-state index is 10.8. The fourth-order valence-corrected chi connectivity index (χ4v) is 4.54. The van der Waals surface area contributed by atoms with Crippen molar-refractivity contribution in [3.63, 3.8) is 0 Å². The third-order valence-corrected chi connectivity index (χ3v) is 5.60. The summed E-state index contributed by atoms with van der Waals surface area (Å²) in [4.78, 5) is 0. The zero-order chi connectivity index (χ0) is 20.2. The lowest BCUT2D eigenvalue weighted by Gasteiger charge is -2.32. The minimum Gasteiger partial charge on any atom is -0.507 e. The Bertz CT molecular complexity index is 1090. The summed E-state index contributed by atoms with van der Waals surface area (Å²) in [5.74, 6) is 0.848. The first-order chi connectivity index (χ1) is 13.3. The van der Waals surface area contributed by atoms with Crippen molar-refractivity contribution in [1.82, 2.24) is 5.32 Å². The summed E-state index contributed by atoms with van der Waals surface area (Å²) in [5, 5.41) is 36.7. The van der Waals surface area contributed by atoms with Crippen LogP contribution in [0.2, 0.25) is 0 Å². The SMILES string of the molecule is COc1cc(C)cc2c(-c3c(O)cc(O)c4c3C[C@H](C)N[C@H]4C)ccc(O)c12. The van der Waals surface area contributed by atoms with Gasteiger partial charge < -0.3 is 25.4 Å². The Hall–Kier alpha value is -2.92. The van der Waals surface area contributed by atoms with Crippen LogP contribution in [-0.4, -0.2) is 28.5 Å². The van der Waals surface area contributed by atoms with Gasteiger partial charge >= 0.3 is 0 Å². The summed E-state index contributed by atoms with van der Waals surface area (Å²) < 4.78 is 5.50. The molecule has 4 rings (SSSR count). The van der Waals surface area contributed by atoms with Crippen LogP contribution in [0, 0.1) is 6.92 Å². The average Bonchev–Trinajstić information content (AvgIpc) is 2.61. The Morgan fingerprint density at radius 1 is 1.00 bits per heavy atom. The van der Waals surface area contributed by atoms with Gasteiger partial charge in [-0.25, -0.2) is 0 Å². The van der Waals surface area contributed by atoms with Crippen molar-refractivity contribution in [2.75, 3.05) is 7.11 Å². The Labute approximate surface area is 164 Å². The predicted molar refractivity (Wildman–Crippen MR) is 110 cm³/mol. The highest BCUT2D eigenvalue weighted by Gasteiger charge is 2.29. The average molecular weight is 379 g/mol. The maximum absolute atomic E-state index is 10.8. The molecular formula is C23H25NO4. The highest BCUT2D eigenvalue weighted by Crippen LogP contribution is 2.48. The van der Waals surface area contributed by atoms with Crippen LogP contribution in [0.25, 0.3) is 21.9 Å². The van der Waals surface area contributed by atoms with E-state index in [0.29, 0.717) is 23.1 Å². The van der Waals surface area contributed by atoms with Crippen molar-refractivity contribution in [2.45, 2.75) is 39.3 Å². The molecule has 1 heterocycles. The molecule has 0 saturated carbocycles. The zero-order valence-electron chi connectivity index (χ0n) is 16.5. The van der Waals surface area contributed by atoms with E-state index in [-0.39, 0.29) is 29.3 Å². The van der Waals surface area contributed by atoms with Gasteiger partial charge in [0.15, 0.2) is 0 Å². The Morgan fingerprint density at radius 2 is 1.75 bits per heavy atom. The maximum Gasteiger partial charge on any atom is 0.130 e. The normalized spacial score (nSPS) is 18.9. The minimum atomic E-state index is -0.0299. The molecule has 3 aromatic carbocycles.